The van der Waals surface area contributed by atoms with Gasteiger partial charge >= 0.3 is 0 Å². The molecule has 2 fully saturated rings. The van der Waals surface area contributed by atoms with Crippen LogP contribution >= 0.6 is 0 Å². The molecule has 7 heteroatoms. The van der Waals surface area contributed by atoms with E-state index in [-0.39, 0.29) is 5.91 Å². The predicted octanol–water partition coefficient (Wildman–Crippen LogP) is 5.16. The lowest BCUT2D eigenvalue weighted by atomic mass is 10.1. The maximum Gasteiger partial charge on any atom is 0.260 e. The second-order valence-corrected chi connectivity index (χ2v) is 10.7. The lowest BCUT2D eigenvalue weighted by Gasteiger charge is -2.24. The van der Waals surface area contributed by atoms with Crippen LogP contribution in [-0.2, 0) is 6.54 Å². The van der Waals surface area contributed by atoms with Gasteiger partial charge in [-0.15, -0.1) is 0 Å². The average molecular weight is 497 g/mol. The molecule has 0 unspecified atom stereocenters. The normalized spacial score (nSPS) is 20.2. The molecule has 6 rings (SSSR count). The second kappa shape index (κ2) is 9.80. The molecule has 37 heavy (non-hydrogen) atoms. The van der Waals surface area contributed by atoms with Gasteiger partial charge in [0.25, 0.3) is 5.91 Å². The van der Waals surface area contributed by atoms with E-state index in [1.165, 1.54) is 56.6 Å². The number of likely N-dealkylation sites (tertiary alicyclic amines) is 2. The number of para-hydroxylation sites is 1. The standard InChI is InChI=1S/C30H36N6O/c1-21-16-22(19-35-15-12-23(20-35)36-13-6-7-14-36)10-11-25(21)32-29-17-27-28(18-31-29)34(3)30(37)24-8-4-5-9-26(24)33(27)2/h4-5,8-11,16-18,23H,6-7,12-15,19-20H2,1-3H3,(H,31,32)/t23-/m1/s1. The molecule has 1 atom stereocenters. The van der Waals surface area contributed by atoms with Crippen molar-refractivity contribution in [3.8, 4) is 0 Å². The van der Waals surface area contributed by atoms with Crippen molar-refractivity contribution in [2.75, 3.05) is 55.4 Å². The van der Waals surface area contributed by atoms with E-state index in [2.05, 4.69) is 50.1 Å². The van der Waals surface area contributed by atoms with E-state index in [1.807, 2.05) is 44.4 Å². The fourth-order valence-corrected chi connectivity index (χ4v) is 6.12. The molecule has 3 aliphatic heterocycles. The molecule has 0 radical (unpaired) electrons. The zero-order chi connectivity index (χ0) is 25.5. The van der Waals surface area contributed by atoms with Gasteiger partial charge in [0.05, 0.1) is 28.8 Å². The Morgan fingerprint density at radius 1 is 0.946 bits per heavy atom. The highest BCUT2D eigenvalue weighted by molar-refractivity contribution is 6.13. The number of fused-ring (bicyclic) bond motifs is 2. The highest BCUT2D eigenvalue weighted by atomic mass is 16.2. The molecular formula is C30H36N6O. The first kappa shape index (κ1) is 23.9. The molecule has 0 spiro atoms. The van der Waals surface area contributed by atoms with Gasteiger partial charge in [0.15, 0.2) is 0 Å². The first-order valence-corrected chi connectivity index (χ1v) is 13.4. The lowest BCUT2D eigenvalue weighted by molar-refractivity contribution is 0.0994. The van der Waals surface area contributed by atoms with Gasteiger partial charge in [-0.3, -0.25) is 14.6 Å². The quantitative estimate of drug-likeness (QED) is 0.527. The van der Waals surface area contributed by atoms with Crippen molar-refractivity contribution in [3.05, 3.63) is 71.4 Å². The Morgan fingerprint density at radius 3 is 2.57 bits per heavy atom. The van der Waals surface area contributed by atoms with Gasteiger partial charge in [0, 0.05) is 51.5 Å². The van der Waals surface area contributed by atoms with Crippen LogP contribution in [0, 0.1) is 6.92 Å². The van der Waals surface area contributed by atoms with Gasteiger partial charge in [0.2, 0.25) is 0 Å². The summed E-state index contributed by atoms with van der Waals surface area (Å²) in [5, 5.41) is 3.52. The fourth-order valence-electron chi connectivity index (χ4n) is 6.12. The maximum absolute atomic E-state index is 13.1. The number of carbonyl (C=O) groups is 1. The molecule has 3 aromatic rings. The van der Waals surface area contributed by atoms with E-state index in [9.17, 15) is 4.79 Å². The number of amides is 1. The number of nitrogens with zero attached hydrogens (tertiary/aromatic N) is 5. The smallest absolute Gasteiger partial charge is 0.260 e. The molecule has 0 bridgehead atoms. The number of aromatic nitrogens is 1. The average Bonchev–Trinajstić information content (AvgIpc) is 3.60. The first-order chi connectivity index (χ1) is 18.0. The number of hydrogen-bond acceptors (Lipinski definition) is 6. The summed E-state index contributed by atoms with van der Waals surface area (Å²) >= 11 is 0. The molecule has 3 aliphatic rings. The number of nitrogens with one attached hydrogen (secondary N) is 1. The zero-order valence-corrected chi connectivity index (χ0v) is 22.1. The lowest BCUT2D eigenvalue weighted by Crippen LogP contribution is -2.35. The molecule has 1 N–H and O–H groups in total. The molecule has 2 aromatic carbocycles. The summed E-state index contributed by atoms with van der Waals surface area (Å²) in [4.78, 5) is 26.8. The molecule has 7 nitrogen and oxygen atoms in total. The zero-order valence-electron chi connectivity index (χ0n) is 22.1. The minimum absolute atomic E-state index is 0.0279. The number of benzene rings is 2. The third-order valence-corrected chi connectivity index (χ3v) is 8.25. The summed E-state index contributed by atoms with van der Waals surface area (Å²) in [5.41, 5.74) is 6.92. The van der Waals surface area contributed by atoms with Crippen LogP contribution < -0.4 is 15.1 Å². The van der Waals surface area contributed by atoms with E-state index in [4.69, 9.17) is 0 Å². The molecule has 192 valence electrons. The topological polar surface area (TPSA) is 55.0 Å². The predicted molar refractivity (Wildman–Crippen MR) is 150 cm³/mol. The summed E-state index contributed by atoms with van der Waals surface area (Å²) in [5.74, 6) is 0.731. The molecule has 0 saturated carbocycles. The Balaban J connectivity index is 1.18. The van der Waals surface area contributed by atoms with Crippen molar-refractivity contribution in [3.63, 3.8) is 0 Å². The van der Waals surface area contributed by atoms with Crippen LogP contribution in [0.1, 0.15) is 40.7 Å². The number of anilines is 5. The minimum Gasteiger partial charge on any atom is -0.342 e. The number of carbonyl (C=O) groups excluding carboxylic acids is 1. The fraction of sp³-hybridized carbons (Fsp3) is 0.400. The van der Waals surface area contributed by atoms with Crippen LogP contribution in [-0.4, -0.2) is 67.0 Å². The van der Waals surface area contributed by atoms with Gasteiger partial charge in [-0.05, 0) is 68.6 Å². The van der Waals surface area contributed by atoms with Gasteiger partial charge in [0.1, 0.15) is 5.82 Å². The Bertz CT molecular complexity index is 1320. The van der Waals surface area contributed by atoms with Gasteiger partial charge < -0.3 is 15.1 Å². The molecule has 1 aromatic heterocycles. The highest BCUT2D eigenvalue weighted by Crippen LogP contribution is 2.40. The Morgan fingerprint density at radius 2 is 1.76 bits per heavy atom. The summed E-state index contributed by atoms with van der Waals surface area (Å²) in [6, 6.07) is 17.2. The highest BCUT2D eigenvalue weighted by Gasteiger charge is 2.30. The molecular weight excluding hydrogens is 460 g/mol. The Labute approximate surface area is 219 Å². The minimum atomic E-state index is -0.0279. The third-order valence-electron chi connectivity index (χ3n) is 8.25. The van der Waals surface area contributed by atoms with Gasteiger partial charge in [-0.1, -0.05) is 24.3 Å². The van der Waals surface area contributed by atoms with Crippen LogP contribution in [0.4, 0.5) is 28.6 Å². The number of hydrogen-bond donors (Lipinski definition) is 1. The van der Waals surface area contributed by atoms with E-state index in [0.29, 0.717) is 5.56 Å². The van der Waals surface area contributed by atoms with E-state index < -0.39 is 0 Å². The van der Waals surface area contributed by atoms with Gasteiger partial charge in [-0.25, -0.2) is 4.98 Å². The molecule has 1 amide bonds. The van der Waals surface area contributed by atoms with Crippen LogP contribution in [0.5, 0.6) is 0 Å². The van der Waals surface area contributed by atoms with Crippen LogP contribution in [0.2, 0.25) is 0 Å². The summed E-state index contributed by atoms with van der Waals surface area (Å²) in [6.07, 6.45) is 5.80. The van der Waals surface area contributed by atoms with Crippen LogP contribution in [0.3, 0.4) is 0 Å². The van der Waals surface area contributed by atoms with E-state index >= 15 is 0 Å². The van der Waals surface area contributed by atoms with Crippen molar-refractivity contribution in [2.24, 2.45) is 0 Å². The van der Waals surface area contributed by atoms with E-state index in [1.54, 1.807) is 11.1 Å². The third kappa shape index (κ3) is 4.58. The first-order valence-electron chi connectivity index (χ1n) is 13.4. The molecule has 0 aliphatic carbocycles. The van der Waals surface area contributed by atoms with Crippen molar-refractivity contribution >= 4 is 34.5 Å². The number of pyridine rings is 1. The monoisotopic (exact) mass is 496 g/mol. The maximum atomic E-state index is 13.1. The Hall–Kier alpha value is -3.42. The van der Waals surface area contributed by atoms with Gasteiger partial charge in [-0.2, -0.15) is 0 Å². The SMILES string of the molecule is Cc1cc(CN2CC[C@@H](N3CCCC3)C2)ccc1Nc1cc2c(cn1)N(C)C(=O)c1ccccc1N2C. The van der Waals surface area contributed by atoms with Crippen molar-refractivity contribution < 1.29 is 4.79 Å². The summed E-state index contributed by atoms with van der Waals surface area (Å²) < 4.78 is 0. The molecule has 2 saturated heterocycles. The van der Waals surface area contributed by atoms with Crippen molar-refractivity contribution in [2.45, 2.75) is 38.8 Å². The number of aryl methyl sites for hydroxylation is 1. The van der Waals surface area contributed by atoms with E-state index in [0.717, 1.165) is 41.2 Å². The summed E-state index contributed by atoms with van der Waals surface area (Å²) in [7, 11) is 3.81. The molecule has 4 heterocycles. The Kier molecular flexibility index (Phi) is 6.34. The number of rotatable bonds is 5. The largest absolute Gasteiger partial charge is 0.342 e. The summed E-state index contributed by atoms with van der Waals surface area (Å²) in [6.45, 7) is 8.10. The van der Waals surface area contributed by atoms with Crippen molar-refractivity contribution in [1.82, 2.24) is 14.8 Å². The van der Waals surface area contributed by atoms with Crippen molar-refractivity contribution in [1.29, 1.82) is 0 Å². The van der Waals surface area contributed by atoms with Crippen LogP contribution in [0.15, 0.2) is 54.7 Å². The second-order valence-electron chi connectivity index (χ2n) is 10.7. The van der Waals surface area contributed by atoms with Crippen LogP contribution in [0.25, 0.3) is 0 Å².